The molecule has 0 spiro atoms. The fraction of sp³-hybridized carbons (Fsp3) is 0.250. The Balaban J connectivity index is -0.000000480. The number of nitrogens with one attached hydrogen (secondary N) is 1. The number of anilines is 1. The zero-order valence-corrected chi connectivity index (χ0v) is 12.5. The average Bonchev–Trinajstić information content (AvgIpc) is 2.15. The summed E-state index contributed by atoms with van der Waals surface area (Å²) in [5.41, 5.74) is 1.42. The minimum absolute atomic E-state index is 0. The van der Waals surface area contributed by atoms with Gasteiger partial charge in [0.15, 0.2) is 4.98 Å². The van der Waals surface area contributed by atoms with Gasteiger partial charge in [0.25, 0.3) is 0 Å². The monoisotopic (exact) mass is 298 g/mol. The second kappa shape index (κ2) is 11.7. The molecule has 0 saturated heterocycles. The Morgan fingerprint density at radius 2 is 1.73 bits per heavy atom. The number of halogens is 2. The van der Waals surface area contributed by atoms with Gasteiger partial charge in [-0.2, -0.15) is 0 Å². The summed E-state index contributed by atoms with van der Waals surface area (Å²) in [6, 6.07) is 6.93. The Kier molecular flexibility index (Phi) is 15.6. The first-order chi connectivity index (χ1) is 5.86. The van der Waals surface area contributed by atoms with Crippen molar-refractivity contribution in [3.8, 4) is 0 Å². The molecule has 1 aromatic carbocycles. The van der Waals surface area contributed by atoms with E-state index < -0.39 is 0 Å². The van der Waals surface area contributed by atoms with Crippen molar-refractivity contribution in [1.82, 2.24) is 0 Å². The number of diazo groups is 1. The van der Waals surface area contributed by atoms with Crippen LogP contribution in [0.15, 0.2) is 24.3 Å². The Morgan fingerprint density at radius 3 is 2.13 bits per heavy atom. The standard InChI is InChI=1S/C8H10N3O.2ClH.Zn/c9-11-8-3-1-7(2-4-8)10-5-6-12;;;/h1-4,10,12H,5-6H2;2*1H;/q+1;;;/p-2. The third-order valence-electron chi connectivity index (χ3n) is 1.42. The first kappa shape index (κ1) is 20.1. The molecule has 0 bridgehead atoms. The van der Waals surface area contributed by atoms with Crippen molar-refractivity contribution in [1.29, 1.82) is 5.39 Å². The van der Waals surface area contributed by atoms with Crippen molar-refractivity contribution in [2.24, 2.45) is 0 Å². The van der Waals surface area contributed by atoms with E-state index in [4.69, 9.17) is 10.5 Å². The fourth-order valence-electron chi connectivity index (χ4n) is 0.846. The zero-order valence-electron chi connectivity index (χ0n) is 8.03. The summed E-state index contributed by atoms with van der Waals surface area (Å²) < 4.78 is 0. The van der Waals surface area contributed by atoms with Gasteiger partial charge < -0.3 is 35.2 Å². The van der Waals surface area contributed by atoms with Crippen LogP contribution in [-0.4, -0.2) is 18.3 Å². The minimum atomic E-state index is 0. The largest absolute Gasteiger partial charge is 1.00 e. The van der Waals surface area contributed by atoms with E-state index in [2.05, 4.69) is 10.3 Å². The number of nitrogens with zero attached hydrogens (tertiary/aromatic N) is 2. The Morgan fingerprint density at radius 1 is 1.20 bits per heavy atom. The topological polar surface area (TPSA) is 60.4 Å². The predicted octanol–water partition coefficient (Wildman–Crippen LogP) is -4.42. The third-order valence-corrected chi connectivity index (χ3v) is 1.42. The van der Waals surface area contributed by atoms with Crippen LogP contribution in [0.5, 0.6) is 0 Å². The van der Waals surface area contributed by atoms with Crippen LogP contribution in [0, 0.1) is 5.39 Å². The molecule has 7 heteroatoms. The Hall–Kier alpha value is -0.397. The number of hydrogen-bond acceptors (Lipinski definition) is 3. The van der Waals surface area contributed by atoms with Crippen molar-refractivity contribution < 1.29 is 49.4 Å². The van der Waals surface area contributed by atoms with Crippen molar-refractivity contribution in [2.75, 3.05) is 18.5 Å². The van der Waals surface area contributed by atoms with Gasteiger partial charge in [-0.3, -0.25) is 0 Å². The van der Waals surface area contributed by atoms with E-state index in [1.807, 2.05) is 0 Å². The Labute approximate surface area is 114 Å². The van der Waals surface area contributed by atoms with Crippen molar-refractivity contribution >= 4 is 11.4 Å². The third kappa shape index (κ3) is 7.52. The predicted molar refractivity (Wildman–Crippen MR) is 46.8 cm³/mol. The van der Waals surface area contributed by atoms with Crippen molar-refractivity contribution in [2.45, 2.75) is 0 Å². The van der Waals surface area contributed by atoms with Gasteiger partial charge in [-0.15, -0.1) is 0 Å². The average molecular weight is 300 g/mol. The van der Waals surface area contributed by atoms with E-state index in [0.717, 1.165) is 5.69 Å². The molecule has 1 rings (SSSR count). The second-order valence-corrected chi connectivity index (χ2v) is 2.30. The molecule has 0 aliphatic carbocycles. The molecule has 0 radical (unpaired) electrons. The summed E-state index contributed by atoms with van der Waals surface area (Å²) in [6.07, 6.45) is 0. The van der Waals surface area contributed by atoms with Crippen LogP contribution in [0.25, 0.3) is 4.98 Å². The van der Waals surface area contributed by atoms with E-state index in [0.29, 0.717) is 12.2 Å². The van der Waals surface area contributed by atoms with Crippen LogP contribution in [0.2, 0.25) is 0 Å². The second-order valence-electron chi connectivity index (χ2n) is 2.30. The Bertz CT molecular complexity index is 289. The molecule has 0 atom stereocenters. The van der Waals surface area contributed by atoms with Crippen LogP contribution in [-0.2, 0) is 19.5 Å². The van der Waals surface area contributed by atoms with Gasteiger partial charge in [0.1, 0.15) is 0 Å². The number of aliphatic hydroxyl groups excluding tert-OH is 1. The van der Waals surface area contributed by atoms with Crippen LogP contribution >= 0.6 is 0 Å². The maximum atomic E-state index is 8.51. The molecule has 15 heavy (non-hydrogen) atoms. The molecule has 0 heterocycles. The first-order valence-corrected chi connectivity index (χ1v) is 3.66. The normalized spacial score (nSPS) is 7.20. The maximum absolute atomic E-state index is 8.51. The molecule has 2 N–H and O–H groups in total. The van der Waals surface area contributed by atoms with Gasteiger partial charge >= 0.3 is 5.69 Å². The van der Waals surface area contributed by atoms with Crippen LogP contribution in [0.3, 0.4) is 0 Å². The summed E-state index contributed by atoms with van der Waals surface area (Å²) in [7, 11) is 0. The molecule has 0 aliphatic rings. The number of rotatable bonds is 3. The van der Waals surface area contributed by atoms with E-state index >= 15 is 0 Å². The smallest absolute Gasteiger partial charge is 0.385 e. The van der Waals surface area contributed by atoms with E-state index in [1.165, 1.54) is 0 Å². The van der Waals surface area contributed by atoms with Crippen LogP contribution < -0.4 is 30.1 Å². The summed E-state index contributed by atoms with van der Waals surface area (Å²) in [5.74, 6) is 0. The van der Waals surface area contributed by atoms with Crippen LogP contribution in [0.1, 0.15) is 0 Å². The molecule has 0 amide bonds. The maximum Gasteiger partial charge on any atom is 0.385 e. The molecule has 80 valence electrons. The zero-order chi connectivity index (χ0) is 8.81. The summed E-state index contributed by atoms with van der Waals surface area (Å²) >= 11 is 0. The van der Waals surface area contributed by atoms with Gasteiger partial charge in [0.2, 0.25) is 5.39 Å². The van der Waals surface area contributed by atoms with Crippen LogP contribution in [0.4, 0.5) is 11.4 Å². The van der Waals surface area contributed by atoms with E-state index in [9.17, 15) is 0 Å². The quantitative estimate of drug-likeness (QED) is 0.438. The molecule has 4 nitrogen and oxygen atoms in total. The molecule has 0 aliphatic heterocycles. The molecule has 1 aromatic rings. The SMILES string of the molecule is N#[N+]c1ccc(NCCO)cc1.[Cl-].[Cl-].[Zn]. The summed E-state index contributed by atoms with van der Waals surface area (Å²) in [6.45, 7) is 0.627. The van der Waals surface area contributed by atoms with E-state index in [-0.39, 0.29) is 50.9 Å². The molecule has 0 aromatic heterocycles. The first-order valence-electron chi connectivity index (χ1n) is 3.66. The van der Waals surface area contributed by atoms with Crippen molar-refractivity contribution in [3.05, 3.63) is 29.2 Å². The molecule has 0 saturated carbocycles. The van der Waals surface area contributed by atoms with Gasteiger partial charge in [-0.25, -0.2) is 0 Å². The molecular weight excluding hydrogens is 290 g/mol. The number of aliphatic hydroxyl groups is 1. The van der Waals surface area contributed by atoms with Gasteiger partial charge in [0, 0.05) is 43.8 Å². The number of benzene rings is 1. The molecule has 0 unspecified atom stereocenters. The molecular formula is C8H10Cl2N3OZn-. The fourth-order valence-corrected chi connectivity index (χ4v) is 0.846. The van der Waals surface area contributed by atoms with Gasteiger partial charge in [-0.05, 0) is 12.1 Å². The van der Waals surface area contributed by atoms with Gasteiger partial charge in [-0.1, -0.05) is 0 Å². The minimum Gasteiger partial charge on any atom is -1.00 e. The molecule has 0 fully saturated rings. The van der Waals surface area contributed by atoms with Crippen molar-refractivity contribution in [3.63, 3.8) is 0 Å². The van der Waals surface area contributed by atoms with Gasteiger partial charge in [0.05, 0.1) is 6.61 Å². The summed E-state index contributed by atoms with van der Waals surface area (Å²) in [4.78, 5) is 3.01. The van der Waals surface area contributed by atoms with E-state index in [1.54, 1.807) is 24.3 Å². The number of hydrogen-bond donors (Lipinski definition) is 2. The summed E-state index contributed by atoms with van der Waals surface area (Å²) in [5, 5.41) is 19.8.